The van der Waals surface area contributed by atoms with Crippen LogP contribution in [-0.4, -0.2) is 26.6 Å². The second-order valence-corrected chi connectivity index (χ2v) is 7.58. The van der Waals surface area contributed by atoms with Crippen molar-refractivity contribution in [1.82, 2.24) is 4.90 Å². The summed E-state index contributed by atoms with van der Waals surface area (Å²) in [5.74, 6) is -0.140. The van der Waals surface area contributed by atoms with Crippen LogP contribution in [0.2, 0.25) is 10.0 Å². The number of phenolic OH excluding ortho intramolecular Hbond substituents is 2. The van der Waals surface area contributed by atoms with Crippen LogP contribution in [0.3, 0.4) is 0 Å². The Morgan fingerprint density at radius 1 is 1.08 bits per heavy atom. The molecule has 3 nitrogen and oxygen atoms in total. The molecule has 0 radical (unpaired) electrons. The first-order valence-corrected chi connectivity index (χ1v) is 9.36. The summed E-state index contributed by atoms with van der Waals surface area (Å²) < 4.78 is 0. The fourth-order valence-electron chi connectivity index (χ4n) is 3.11. The van der Waals surface area contributed by atoms with Crippen LogP contribution >= 0.6 is 35.4 Å². The van der Waals surface area contributed by atoms with Crippen LogP contribution in [0.15, 0.2) is 30.3 Å². The second-order valence-electron chi connectivity index (χ2n) is 6.26. The smallest absolute Gasteiger partial charge is 0.157 e. The summed E-state index contributed by atoms with van der Waals surface area (Å²) in [4.78, 5) is 3.08. The van der Waals surface area contributed by atoms with E-state index in [1.54, 1.807) is 18.2 Å². The van der Waals surface area contributed by atoms with E-state index in [2.05, 4.69) is 4.90 Å². The topological polar surface area (TPSA) is 43.7 Å². The normalized spacial score (nSPS) is 13.6. The molecule has 1 aliphatic heterocycles. The van der Waals surface area contributed by atoms with Gasteiger partial charge in [-0.3, -0.25) is 0 Å². The van der Waals surface area contributed by atoms with Gasteiger partial charge in [-0.2, -0.15) is 0 Å². The maximum absolute atomic E-state index is 9.69. The van der Waals surface area contributed by atoms with Gasteiger partial charge in [-0.1, -0.05) is 41.5 Å². The minimum absolute atomic E-state index is 0.0605. The molecule has 3 rings (SSSR count). The molecular formula is C19H19Cl2NO2S. The number of benzene rings is 2. The first-order chi connectivity index (χ1) is 11.9. The summed E-state index contributed by atoms with van der Waals surface area (Å²) in [7, 11) is 0. The molecule has 2 N–H and O–H groups in total. The first-order valence-electron chi connectivity index (χ1n) is 8.19. The number of halogens is 2. The van der Waals surface area contributed by atoms with Crippen LogP contribution in [0, 0.1) is 0 Å². The molecule has 0 bridgehead atoms. The largest absolute Gasteiger partial charge is 0.504 e. The van der Waals surface area contributed by atoms with Crippen LogP contribution < -0.4 is 0 Å². The van der Waals surface area contributed by atoms with E-state index in [0.29, 0.717) is 16.6 Å². The Kier molecular flexibility index (Phi) is 5.72. The Hall–Kier alpha value is -1.49. The molecule has 2 aromatic rings. The average molecular weight is 396 g/mol. The van der Waals surface area contributed by atoms with Crippen molar-refractivity contribution in [3.05, 3.63) is 57.1 Å². The van der Waals surface area contributed by atoms with Gasteiger partial charge in [-0.25, -0.2) is 0 Å². The Morgan fingerprint density at radius 3 is 2.52 bits per heavy atom. The third kappa shape index (κ3) is 4.38. The van der Waals surface area contributed by atoms with Crippen molar-refractivity contribution in [1.29, 1.82) is 0 Å². The Labute approximate surface area is 162 Å². The molecule has 0 spiro atoms. The quantitative estimate of drug-likeness (QED) is 0.557. The molecule has 0 atom stereocenters. The number of hydrogen-bond acceptors (Lipinski definition) is 3. The van der Waals surface area contributed by atoms with Gasteiger partial charge < -0.3 is 15.1 Å². The van der Waals surface area contributed by atoms with Gasteiger partial charge in [0, 0.05) is 23.1 Å². The maximum Gasteiger partial charge on any atom is 0.157 e. The van der Waals surface area contributed by atoms with Crippen LogP contribution in [0.1, 0.15) is 29.5 Å². The molecule has 0 saturated carbocycles. The molecule has 0 aromatic heterocycles. The lowest BCUT2D eigenvalue weighted by Crippen LogP contribution is -2.34. The lowest BCUT2D eigenvalue weighted by atomic mass is 9.98. The number of rotatable bonds is 4. The van der Waals surface area contributed by atoms with Gasteiger partial charge in [0.2, 0.25) is 0 Å². The number of fused-ring (bicyclic) bond motifs is 1. The molecule has 25 heavy (non-hydrogen) atoms. The maximum atomic E-state index is 9.69. The molecule has 0 aliphatic carbocycles. The Bertz CT molecular complexity index is 810. The molecule has 6 heteroatoms. The van der Waals surface area contributed by atoms with Gasteiger partial charge in [0.25, 0.3) is 0 Å². The van der Waals surface area contributed by atoms with Gasteiger partial charge in [0.05, 0.1) is 4.99 Å². The Morgan fingerprint density at radius 2 is 1.80 bits per heavy atom. The molecule has 0 fully saturated rings. The standard InChI is InChI=1S/C19H19Cl2NO2S/c20-15-5-4-12(16(21)10-15)2-1-3-19(25)22-7-6-13-8-17(23)18(24)9-14(13)11-22/h4-5,8-10,23-24H,1-3,6-7,11H2. The van der Waals surface area contributed by atoms with Crippen molar-refractivity contribution in [3.63, 3.8) is 0 Å². The molecule has 1 aliphatic rings. The fourth-order valence-corrected chi connectivity index (χ4v) is 3.91. The molecular weight excluding hydrogens is 377 g/mol. The number of hydrogen-bond donors (Lipinski definition) is 2. The van der Waals surface area contributed by atoms with Gasteiger partial charge in [0.15, 0.2) is 11.5 Å². The highest BCUT2D eigenvalue weighted by Gasteiger charge is 2.20. The molecule has 132 valence electrons. The summed E-state index contributed by atoms with van der Waals surface area (Å²) in [5.41, 5.74) is 3.17. The zero-order chi connectivity index (χ0) is 18.0. The van der Waals surface area contributed by atoms with Gasteiger partial charge in [0.1, 0.15) is 0 Å². The van der Waals surface area contributed by atoms with Crippen LogP contribution in [0.5, 0.6) is 11.5 Å². The van der Waals surface area contributed by atoms with Crippen LogP contribution in [0.25, 0.3) is 0 Å². The zero-order valence-electron chi connectivity index (χ0n) is 13.6. The van der Waals surface area contributed by atoms with E-state index in [1.165, 1.54) is 0 Å². The van der Waals surface area contributed by atoms with Gasteiger partial charge >= 0.3 is 0 Å². The van der Waals surface area contributed by atoms with E-state index < -0.39 is 0 Å². The van der Waals surface area contributed by atoms with Crippen LogP contribution in [0.4, 0.5) is 0 Å². The summed E-state index contributed by atoms with van der Waals surface area (Å²) in [6.07, 6.45) is 3.40. The minimum atomic E-state index is -0.0797. The lowest BCUT2D eigenvalue weighted by Gasteiger charge is -2.31. The van der Waals surface area contributed by atoms with E-state index in [0.717, 1.165) is 53.9 Å². The highest BCUT2D eigenvalue weighted by molar-refractivity contribution is 7.80. The number of aromatic hydroxyl groups is 2. The third-order valence-electron chi connectivity index (χ3n) is 4.51. The average Bonchev–Trinajstić information content (AvgIpc) is 2.57. The lowest BCUT2D eigenvalue weighted by molar-refractivity contribution is 0.377. The van der Waals surface area contributed by atoms with Crippen molar-refractivity contribution < 1.29 is 10.2 Å². The van der Waals surface area contributed by atoms with Crippen molar-refractivity contribution in [3.8, 4) is 11.5 Å². The molecule has 0 amide bonds. The first kappa shape index (κ1) is 18.3. The minimum Gasteiger partial charge on any atom is -0.504 e. The second kappa shape index (κ2) is 7.81. The SMILES string of the molecule is Oc1cc2c(cc1O)CN(C(=S)CCCc1ccc(Cl)cc1Cl)CC2. The molecule has 0 saturated heterocycles. The monoisotopic (exact) mass is 395 g/mol. The van der Waals surface area contributed by atoms with Crippen molar-refractivity contribution >= 4 is 40.4 Å². The predicted octanol–water partition coefficient (Wildman–Crippen LogP) is 5.11. The third-order valence-corrected chi connectivity index (χ3v) is 5.56. The summed E-state index contributed by atoms with van der Waals surface area (Å²) in [6.45, 7) is 1.50. The summed E-state index contributed by atoms with van der Waals surface area (Å²) in [6, 6.07) is 8.85. The van der Waals surface area contributed by atoms with E-state index in [9.17, 15) is 10.2 Å². The van der Waals surface area contributed by atoms with E-state index in [4.69, 9.17) is 35.4 Å². The molecule has 0 unspecified atom stereocenters. The predicted molar refractivity (Wildman–Crippen MR) is 106 cm³/mol. The molecule has 1 heterocycles. The van der Waals surface area contributed by atoms with Gasteiger partial charge in [-0.15, -0.1) is 0 Å². The summed E-state index contributed by atoms with van der Waals surface area (Å²) in [5, 5.41) is 20.6. The number of aryl methyl sites for hydroxylation is 1. The zero-order valence-corrected chi connectivity index (χ0v) is 16.0. The molecule has 2 aromatic carbocycles. The fraction of sp³-hybridized carbons (Fsp3) is 0.316. The van der Waals surface area contributed by atoms with Crippen LogP contribution in [-0.2, 0) is 19.4 Å². The van der Waals surface area contributed by atoms with Crippen molar-refractivity contribution in [2.45, 2.75) is 32.2 Å². The van der Waals surface area contributed by atoms with E-state index >= 15 is 0 Å². The van der Waals surface area contributed by atoms with E-state index in [-0.39, 0.29) is 11.5 Å². The number of phenols is 2. The number of thiocarbonyl (C=S) groups is 1. The highest BCUT2D eigenvalue weighted by atomic mass is 35.5. The van der Waals surface area contributed by atoms with Crippen molar-refractivity contribution in [2.24, 2.45) is 0 Å². The summed E-state index contributed by atoms with van der Waals surface area (Å²) >= 11 is 17.7. The Balaban J connectivity index is 1.56. The highest BCUT2D eigenvalue weighted by Crippen LogP contribution is 2.32. The number of nitrogens with zero attached hydrogens (tertiary/aromatic N) is 1. The van der Waals surface area contributed by atoms with Gasteiger partial charge in [-0.05, 0) is 66.6 Å². The van der Waals surface area contributed by atoms with Crippen molar-refractivity contribution in [2.75, 3.05) is 6.54 Å². The van der Waals surface area contributed by atoms with E-state index in [1.807, 2.05) is 12.1 Å².